The van der Waals surface area contributed by atoms with E-state index in [1.54, 1.807) is 34.3 Å². The van der Waals surface area contributed by atoms with Crippen LogP contribution in [-0.2, 0) is 19.1 Å². The zero-order valence-corrected chi connectivity index (χ0v) is 35.7. The van der Waals surface area contributed by atoms with Crippen LogP contribution in [0.3, 0.4) is 0 Å². The van der Waals surface area contributed by atoms with Crippen LogP contribution >= 0.6 is 0 Å². The van der Waals surface area contributed by atoms with Gasteiger partial charge in [0.05, 0.1) is 49.1 Å². The number of nitrogens with one attached hydrogen (secondary N) is 4. The number of H-pyrrole nitrogens is 2. The van der Waals surface area contributed by atoms with Crippen molar-refractivity contribution in [1.29, 1.82) is 0 Å². The normalized spacial score (nSPS) is 18.4. The van der Waals surface area contributed by atoms with Gasteiger partial charge in [0.25, 0.3) is 5.91 Å². The van der Waals surface area contributed by atoms with E-state index >= 15 is 0 Å². The predicted octanol–water partition coefficient (Wildman–Crippen LogP) is 8.02. The maximum absolute atomic E-state index is 14.2. The molecule has 2 saturated heterocycles. The molecule has 0 saturated carbocycles. The van der Waals surface area contributed by atoms with Crippen LogP contribution in [0.1, 0.15) is 75.4 Å². The molecule has 4 amide bonds. The SMILES string of the molecule is CCOC1CC(c2ncc(-c3ccc(-c4ccc5cc(-c6cnc(C7CCCN7C(=O)C(NC(=O)O)C(C)C)[nH]6)ccc5c4)cc3)[nH]2)N(C(=O)C(NC(=O)OC)c2ccccc2)C1. The number of aromatic amines is 2. The molecule has 5 atom stereocenters. The minimum absolute atomic E-state index is 0.194. The Hall–Kier alpha value is -7.00. The fourth-order valence-electron chi connectivity index (χ4n) is 8.81. The second-order valence-electron chi connectivity index (χ2n) is 16.4. The summed E-state index contributed by atoms with van der Waals surface area (Å²) in [6.07, 6.45) is 3.57. The number of rotatable bonds is 13. The largest absolute Gasteiger partial charge is 0.465 e. The fraction of sp³-hybridized carbons (Fsp3) is 0.333. The van der Waals surface area contributed by atoms with E-state index in [0.717, 1.165) is 57.3 Å². The van der Waals surface area contributed by atoms with Crippen LogP contribution in [0.2, 0.25) is 0 Å². The summed E-state index contributed by atoms with van der Waals surface area (Å²) >= 11 is 0. The molecule has 0 aliphatic carbocycles. The maximum Gasteiger partial charge on any atom is 0.407 e. The molecule has 2 aliphatic rings. The van der Waals surface area contributed by atoms with Crippen molar-refractivity contribution in [3.8, 4) is 33.6 Å². The number of imidazole rings is 2. The van der Waals surface area contributed by atoms with Crippen molar-refractivity contribution < 1.29 is 33.8 Å². The molecular formula is C48H52N8O7. The third-order valence-corrected chi connectivity index (χ3v) is 12.0. The lowest BCUT2D eigenvalue weighted by Crippen LogP contribution is -2.50. The zero-order chi connectivity index (χ0) is 44.2. The number of amides is 4. The summed E-state index contributed by atoms with van der Waals surface area (Å²) in [5.41, 5.74) is 6.31. The number of benzene rings is 4. The van der Waals surface area contributed by atoms with Gasteiger partial charge in [-0.1, -0.05) is 92.7 Å². The molecule has 2 fully saturated rings. The summed E-state index contributed by atoms with van der Waals surface area (Å²) in [5.74, 6) is 0.615. The van der Waals surface area contributed by atoms with Crippen LogP contribution in [0.5, 0.6) is 0 Å². The first-order valence-corrected chi connectivity index (χ1v) is 21.4. The number of methoxy groups -OCH3 is 1. The molecule has 6 aromatic rings. The fourth-order valence-corrected chi connectivity index (χ4v) is 8.81. The predicted molar refractivity (Wildman–Crippen MR) is 237 cm³/mol. The van der Waals surface area contributed by atoms with Gasteiger partial charge in [-0.25, -0.2) is 19.6 Å². The lowest BCUT2D eigenvalue weighted by molar-refractivity contribution is -0.136. The number of nitrogens with zero attached hydrogens (tertiary/aromatic N) is 4. The van der Waals surface area contributed by atoms with Crippen molar-refractivity contribution in [3.63, 3.8) is 0 Å². The van der Waals surface area contributed by atoms with Crippen LogP contribution < -0.4 is 10.6 Å². The van der Waals surface area contributed by atoms with E-state index in [4.69, 9.17) is 14.5 Å². The summed E-state index contributed by atoms with van der Waals surface area (Å²) in [7, 11) is 1.27. The van der Waals surface area contributed by atoms with Crippen LogP contribution in [-0.4, -0.2) is 97.8 Å². The smallest absolute Gasteiger partial charge is 0.407 e. The molecule has 5 unspecified atom stereocenters. The second kappa shape index (κ2) is 18.5. The van der Waals surface area contributed by atoms with Crippen molar-refractivity contribution >= 4 is 34.8 Å². The molecule has 2 aliphatic heterocycles. The molecule has 2 aromatic heterocycles. The van der Waals surface area contributed by atoms with Gasteiger partial charge in [0.2, 0.25) is 5.91 Å². The Kier molecular flexibility index (Phi) is 12.6. The van der Waals surface area contributed by atoms with Crippen LogP contribution in [0, 0.1) is 5.92 Å². The van der Waals surface area contributed by atoms with Gasteiger partial charge in [-0.05, 0) is 70.8 Å². The highest BCUT2D eigenvalue weighted by molar-refractivity contribution is 5.91. The van der Waals surface area contributed by atoms with Crippen molar-refractivity contribution in [2.75, 3.05) is 26.8 Å². The Morgan fingerprint density at radius 1 is 0.778 bits per heavy atom. The third-order valence-electron chi connectivity index (χ3n) is 12.0. The summed E-state index contributed by atoms with van der Waals surface area (Å²) in [4.78, 5) is 71.2. The molecule has 8 rings (SSSR count). The average molecular weight is 853 g/mol. The highest BCUT2D eigenvalue weighted by Crippen LogP contribution is 2.37. The second-order valence-corrected chi connectivity index (χ2v) is 16.4. The number of fused-ring (bicyclic) bond motifs is 1. The van der Waals surface area contributed by atoms with E-state index in [1.165, 1.54) is 7.11 Å². The number of alkyl carbamates (subject to hydrolysis) is 1. The molecule has 0 radical (unpaired) electrons. The molecule has 4 heterocycles. The van der Waals surface area contributed by atoms with Crippen LogP contribution in [0.15, 0.2) is 103 Å². The van der Waals surface area contributed by atoms with Crippen molar-refractivity contribution in [2.45, 2.75) is 70.3 Å². The molecule has 5 N–H and O–H groups in total. The molecule has 326 valence electrons. The lowest BCUT2D eigenvalue weighted by atomic mass is 9.98. The van der Waals surface area contributed by atoms with Gasteiger partial charge in [0, 0.05) is 31.7 Å². The number of likely N-dealkylation sites (tertiary alicyclic amines) is 2. The van der Waals surface area contributed by atoms with Gasteiger partial charge in [-0.2, -0.15) is 0 Å². The number of hydrogen-bond acceptors (Lipinski definition) is 8. The summed E-state index contributed by atoms with van der Waals surface area (Å²) in [6.45, 7) is 7.00. The maximum atomic E-state index is 14.2. The molecule has 0 spiro atoms. The van der Waals surface area contributed by atoms with Gasteiger partial charge >= 0.3 is 12.2 Å². The van der Waals surface area contributed by atoms with Gasteiger partial charge < -0.3 is 45.0 Å². The van der Waals surface area contributed by atoms with E-state index in [2.05, 4.69) is 74.1 Å². The molecule has 15 nitrogen and oxygen atoms in total. The number of aromatic nitrogens is 4. The van der Waals surface area contributed by atoms with Gasteiger partial charge in [0.1, 0.15) is 23.7 Å². The Labute approximate surface area is 365 Å². The van der Waals surface area contributed by atoms with E-state index in [1.807, 2.05) is 51.1 Å². The average Bonchev–Trinajstić information content (AvgIpc) is 4.14. The highest BCUT2D eigenvalue weighted by atomic mass is 16.5. The quantitative estimate of drug-likeness (QED) is 0.0765. The Morgan fingerprint density at radius 2 is 1.40 bits per heavy atom. The van der Waals surface area contributed by atoms with E-state index in [9.17, 15) is 24.3 Å². The Bertz CT molecular complexity index is 2590. The lowest BCUT2D eigenvalue weighted by Gasteiger charge is -2.29. The topological polar surface area (TPSA) is 195 Å². The number of ether oxygens (including phenoxy) is 2. The Balaban J connectivity index is 0.964. The molecule has 63 heavy (non-hydrogen) atoms. The minimum Gasteiger partial charge on any atom is -0.465 e. The first-order chi connectivity index (χ1) is 30.5. The minimum atomic E-state index is -1.22. The third kappa shape index (κ3) is 9.14. The first-order valence-electron chi connectivity index (χ1n) is 21.4. The van der Waals surface area contributed by atoms with Crippen molar-refractivity contribution in [2.24, 2.45) is 5.92 Å². The Morgan fingerprint density at radius 3 is 2.05 bits per heavy atom. The summed E-state index contributed by atoms with van der Waals surface area (Å²) in [6, 6.07) is 27.6. The molecule has 15 heteroatoms. The van der Waals surface area contributed by atoms with E-state index < -0.39 is 30.3 Å². The van der Waals surface area contributed by atoms with Gasteiger partial charge in [-0.15, -0.1) is 0 Å². The van der Waals surface area contributed by atoms with E-state index in [0.29, 0.717) is 43.3 Å². The van der Waals surface area contributed by atoms with Crippen molar-refractivity contribution in [3.05, 3.63) is 121 Å². The number of carbonyl (C=O) groups is 4. The van der Waals surface area contributed by atoms with E-state index in [-0.39, 0.29) is 29.9 Å². The summed E-state index contributed by atoms with van der Waals surface area (Å²) in [5, 5.41) is 16.6. The monoisotopic (exact) mass is 852 g/mol. The number of hydrogen-bond donors (Lipinski definition) is 5. The number of carbonyl (C=O) groups excluding carboxylic acids is 3. The summed E-state index contributed by atoms with van der Waals surface area (Å²) < 4.78 is 10.9. The molecule has 4 aromatic carbocycles. The van der Waals surface area contributed by atoms with Gasteiger partial charge in [-0.3, -0.25) is 9.59 Å². The first kappa shape index (κ1) is 42.7. The molecular weight excluding hydrogens is 801 g/mol. The zero-order valence-electron chi connectivity index (χ0n) is 35.7. The highest BCUT2D eigenvalue weighted by Gasteiger charge is 2.42. The van der Waals surface area contributed by atoms with Crippen molar-refractivity contribution in [1.82, 2.24) is 40.4 Å². The molecule has 0 bridgehead atoms. The standard InChI is InChI=1S/C48H52N8O7/c1-5-63-36-24-40(56(27-36)46(58)42(54-48(61)62-4)31-10-7-6-8-11-31)44-50-25-37(51-44)30-15-13-29(14-16-30)32-17-18-34-23-35(20-19-33(34)22-32)38-26-49-43(52-38)39-12-9-21-55(39)45(57)41(28(2)3)53-47(59)60/h6-8,10-11,13-20,22-23,25-26,28,36,39-42,53H,5,9,12,21,24,27H2,1-4H3,(H,49,52)(H,50,51)(H,54,61)(H,59,60). The van der Waals surface area contributed by atoms with Crippen LogP contribution in [0.4, 0.5) is 9.59 Å². The van der Waals surface area contributed by atoms with Gasteiger partial charge in [0.15, 0.2) is 0 Å². The number of carboxylic acid groups (broad SMARTS) is 1. The van der Waals surface area contributed by atoms with Crippen LogP contribution in [0.25, 0.3) is 44.4 Å².